The fraction of sp³-hybridized carbons (Fsp3) is 0. The van der Waals surface area contributed by atoms with E-state index in [0.29, 0.717) is 21.3 Å². The fourth-order valence-electron chi connectivity index (χ4n) is 1.54. The average molecular weight is 310 g/mol. The van der Waals surface area contributed by atoms with E-state index in [9.17, 15) is 9.90 Å². The number of nitrogens with zero attached hydrogens (tertiary/aromatic N) is 1. The van der Waals surface area contributed by atoms with Crippen molar-refractivity contribution in [3.63, 3.8) is 0 Å². The Labute approximate surface area is 124 Å². The minimum Gasteiger partial charge on any atom is -0.507 e. The highest BCUT2D eigenvalue weighted by Crippen LogP contribution is 2.28. The van der Waals surface area contributed by atoms with Crippen LogP contribution in [0, 0.1) is 0 Å². The Kier molecular flexibility index (Phi) is 4.27. The molecule has 0 aromatic heterocycles. The Bertz CT molecular complexity index is 699. The second-order valence-corrected chi connectivity index (χ2v) is 4.78. The summed E-state index contributed by atoms with van der Waals surface area (Å²) in [5.41, 5.74) is 0.864. The molecule has 0 bridgehead atoms. The summed E-state index contributed by atoms with van der Waals surface area (Å²) in [6.45, 7) is 0. The third kappa shape index (κ3) is 3.29. The highest BCUT2D eigenvalue weighted by molar-refractivity contribution is 6.36. The van der Waals surface area contributed by atoms with Gasteiger partial charge in [0.15, 0.2) is 0 Å². The number of aromatic hydroxyl groups is 1. The van der Waals surface area contributed by atoms with E-state index < -0.39 is 5.97 Å². The second-order valence-electron chi connectivity index (χ2n) is 3.94. The molecule has 0 amide bonds. The summed E-state index contributed by atoms with van der Waals surface area (Å²) in [7, 11) is 0. The zero-order chi connectivity index (χ0) is 14.7. The van der Waals surface area contributed by atoms with Crippen LogP contribution >= 0.6 is 23.2 Å². The number of halogens is 2. The molecule has 102 valence electrons. The van der Waals surface area contributed by atoms with E-state index in [1.54, 1.807) is 24.3 Å². The molecule has 0 heterocycles. The summed E-state index contributed by atoms with van der Waals surface area (Å²) >= 11 is 11.7. The number of aliphatic imine (C=N–C) groups is 1. The molecule has 0 aliphatic heterocycles. The Morgan fingerprint density at radius 1 is 1.15 bits per heavy atom. The first kappa shape index (κ1) is 14.4. The molecule has 0 unspecified atom stereocenters. The number of rotatable bonds is 3. The van der Waals surface area contributed by atoms with Gasteiger partial charge in [0.05, 0.1) is 10.7 Å². The summed E-state index contributed by atoms with van der Waals surface area (Å²) < 4.78 is 0. The lowest BCUT2D eigenvalue weighted by Crippen LogP contribution is -1.97. The molecule has 0 aliphatic rings. The first-order valence-corrected chi connectivity index (χ1v) is 6.28. The van der Waals surface area contributed by atoms with Crippen LogP contribution in [0.2, 0.25) is 10.0 Å². The van der Waals surface area contributed by atoms with Crippen LogP contribution in [-0.4, -0.2) is 22.4 Å². The minimum absolute atomic E-state index is 0.184. The zero-order valence-corrected chi connectivity index (χ0v) is 11.6. The van der Waals surface area contributed by atoms with Gasteiger partial charge >= 0.3 is 5.97 Å². The minimum atomic E-state index is -1.21. The number of phenols is 1. The summed E-state index contributed by atoms with van der Waals surface area (Å²) in [5, 5.41) is 19.2. The quantitative estimate of drug-likeness (QED) is 0.837. The highest BCUT2D eigenvalue weighted by Gasteiger charge is 2.09. The average Bonchev–Trinajstić information content (AvgIpc) is 2.39. The molecule has 0 saturated carbocycles. The van der Waals surface area contributed by atoms with E-state index in [0.717, 1.165) is 0 Å². The zero-order valence-electron chi connectivity index (χ0n) is 10.0. The smallest absolute Gasteiger partial charge is 0.339 e. The molecule has 0 fully saturated rings. The molecule has 2 N–H and O–H groups in total. The molecule has 2 aromatic carbocycles. The Morgan fingerprint density at radius 3 is 2.55 bits per heavy atom. The third-order valence-corrected chi connectivity index (χ3v) is 3.05. The van der Waals surface area contributed by atoms with Gasteiger partial charge < -0.3 is 10.2 Å². The van der Waals surface area contributed by atoms with Crippen LogP contribution in [0.1, 0.15) is 15.9 Å². The largest absolute Gasteiger partial charge is 0.507 e. The maximum atomic E-state index is 10.9. The van der Waals surface area contributed by atoms with Gasteiger partial charge in [-0.15, -0.1) is 0 Å². The first-order valence-electron chi connectivity index (χ1n) is 5.53. The fourth-order valence-corrected chi connectivity index (χ4v) is 1.99. The summed E-state index contributed by atoms with van der Waals surface area (Å²) in [6.07, 6.45) is 1.46. The van der Waals surface area contributed by atoms with E-state index in [1.807, 2.05) is 0 Å². The Morgan fingerprint density at radius 2 is 1.90 bits per heavy atom. The molecule has 0 aliphatic carbocycles. The van der Waals surface area contributed by atoms with Crippen molar-refractivity contribution >= 4 is 41.1 Å². The van der Waals surface area contributed by atoms with Crippen LogP contribution in [-0.2, 0) is 0 Å². The molecule has 2 aromatic rings. The summed E-state index contributed by atoms with van der Waals surface area (Å²) in [6, 6.07) is 9.04. The maximum absolute atomic E-state index is 10.9. The van der Waals surface area contributed by atoms with Gasteiger partial charge in [-0.1, -0.05) is 23.2 Å². The van der Waals surface area contributed by atoms with Crippen LogP contribution in [0.5, 0.6) is 5.75 Å². The molecule has 20 heavy (non-hydrogen) atoms. The molecule has 0 radical (unpaired) electrons. The van der Waals surface area contributed by atoms with Gasteiger partial charge in [-0.05, 0) is 42.0 Å². The molecule has 0 atom stereocenters. The van der Waals surface area contributed by atoms with Gasteiger partial charge in [0.2, 0.25) is 0 Å². The van der Waals surface area contributed by atoms with Gasteiger partial charge in [0.25, 0.3) is 0 Å². The molecule has 4 nitrogen and oxygen atoms in total. The topological polar surface area (TPSA) is 69.9 Å². The molecule has 0 saturated heterocycles. The lowest BCUT2D eigenvalue weighted by molar-refractivity contribution is 0.0693. The molecule has 0 spiro atoms. The first-order chi connectivity index (χ1) is 9.47. The van der Waals surface area contributed by atoms with Crippen LogP contribution in [0.25, 0.3) is 0 Å². The van der Waals surface area contributed by atoms with Crippen molar-refractivity contribution in [1.82, 2.24) is 0 Å². The van der Waals surface area contributed by atoms with Crippen LogP contribution in [0.3, 0.4) is 0 Å². The van der Waals surface area contributed by atoms with Crippen LogP contribution in [0.15, 0.2) is 41.4 Å². The molecular weight excluding hydrogens is 301 g/mol. The van der Waals surface area contributed by atoms with Crippen molar-refractivity contribution in [2.24, 2.45) is 4.99 Å². The maximum Gasteiger partial charge on any atom is 0.339 e. The van der Waals surface area contributed by atoms with Crippen molar-refractivity contribution in [3.8, 4) is 5.75 Å². The van der Waals surface area contributed by atoms with Crippen LogP contribution < -0.4 is 0 Å². The number of benzene rings is 2. The van der Waals surface area contributed by atoms with Gasteiger partial charge in [-0.3, -0.25) is 4.99 Å². The van der Waals surface area contributed by atoms with Crippen molar-refractivity contribution < 1.29 is 15.0 Å². The summed E-state index contributed by atoms with van der Waals surface area (Å²) in [5.74, 6) is -1.50. The predicted octanol–water partition coefficient (Wildman–Crippen LogP) is 4.15. The predicted molar refractivity (Wildman–Crippen MR) is 78.8 cm³/mol. The number of carboxylic acid groups (broad SMARTS) is 1. The van der Waals surface area contributed by atoms with Gasteiger partial charge in [-0.25, -0.2) is 4.79 Å². The summed E-state index contributed by atoms with van der Waals surface area (Å²) in [4.78, 5) is 15.1. The number of hydrogen-bond acceptors (Lipinski definition) is 3. The van der Waals surface area contributed by atoms with Crippen molar-refractivity contribution in [2.45, 2.75) is 0 Å². The standard InChI is InChI=1S/C14H9Cl2NO3/c15-9-2-3-12(11(16)6-9)17-7-8-1-4-13(18)10(5-8)14(19)20/h1-7,18H,(H,19,20). The van der Waals surface area contributed by atoms with Gasteiger partial charge in [0, 0.05) is 11.2 Å². The molecule has 6 heteroatoms. The van der Waals surface area contributed by atoms with E-state index in [2.05, 4.69) is 4.99 Å². The monoisotopic (exact) mass is 309 g/mol. The number of carbonyl (C=O) groups is 1. The lowest BCUT2D eigenvalue weighted by Gasteiger charge is -2.01. The van der Waals surface area contributed by atoms with Crippen molar-refractivity contribution in [2.75, 3.05) is 0 Å². The third-order valence-electron chi connectivity index (χ3n) is 2.51. The van der Waals surface area contributed by atoms with E-state index >= 15 is 0 Å². The Hall–Kier alpha value is -2.04. The molecule has 2 rings (SSSR count). The SMILES string of the molecule is O=C(O)c1cc(C=Nc2ccc(Cl)cc2Cl)ccc1O. The van der Waals surface area contributed by atoms with E-state index in [1.165, 1.54) is 18.3 Å². The Balaban J connectivity index is 2.32. The number of hydrogen-bond donors (Lipinski definition) is 2. The highest BCUT2D eigenvalue weighted by atomic mass is 35.5. The normalized spacial score (nSPS) is 10.9. The second kappa shape index (κ2) is 5.94. The van der Waals surface area contributed by atoms with E-state index in [4.69, 9.17) is 28.3 Å². The van der Waals surface area contributed by atoms with Gasteiger partial charge in [0.1, 0.15) is 11.3 Å². The number of aromatic carboxylic acids is 1. The van der Waals surface area contributed by atoms with E-state index in [-0.39, 0.29) is 11.3 Å². The van der Waals surface area contributed by atoms with Crippen LogP contribution in [0.4, 0.5) is 5.69 Å². The van der Waals surface area contributed by atoms with Gasteiger partial charge in [-0.2, -0.15) is 0 Å². The lowest BCUT2D eigenvalue weighted by atomic mass is 10.1. The number of carboxylic acids is 1. The van der Waals surface area contributed by atoms with Crippen molar-refractivity contribution in [3.05, 3.63) is 57.6 Å². The molecular formula is C14H9Cl2NO3. The van der Waals surface area contributed by atoms with Crippen molar-refractivity contribution in [1.29, 1.82) is 0 Å².